The van der Waals surface area contributed by atoms with Crippen LogP contribution < -0.4 is 0 Å². The van der Waals surface area contributed by atoms with Gasteiger partial charge in [-0.1, -0.05) is 72.6 Å². The molecule has 0 saturated carbocycles. The Morgan fingerprint density at radius 3 is 1.29 bits per heavy atom. The maximum absolute atomic E-state index is 8.14. The van der Waals surface area contributed by atoms with Crippen LogP contribution >= 0.6 is 0 Å². The third-order valence-electron chi connectivity index (χ3n) is 2.07. The molecule has 0 atom stereocenters. The van der Waals surface area contributed by atoms with Crippen molar-refractivity contribution in [2.24, 2.45) is 5.92 Å². The van der Waals surface area contributed by atoms with Gasteiger partial charge in [0.25, 0.3) is 0 Å². The Morgan fingerprint density at radius 1 is 0.786 bits per heavy atom. The van der Waals surface area contributed by atoms with Crippen molar-refractivity contribution in [1.82, 2.24) is 0 Å². The van der Waals surface area contributed by atoms with Gasteiger partial charge in [0, 0.05) is 6.61 Å². The molecule has 0 aromatic carbocycles. The van der Waals surface area contributed by atoms with Gasteiger partial charge in [-0.15, -0.1) is 0 Å². The molecule has 0 aromatic heterocycles. The summed E-state index contributed by atoms with van der Waals surface area (Å²) in [5.41, 5.74) is 0. The molecule has 0 radical (unpaired) electrons. The van der Waals surface area contributed by atoms with E-state index in [1.165, 1.54) is 44.9 Å². The van der Waals surface area contributed by atoms with E-state index in [1.807, 2.05) is 13.8 Å². The molecule has 0 aliphatic rings. The Morgan fingerprint density at radius 2 is 1.07 bits per heavy atom. The summed E-state index contributed by atoms with van der Waals surface area (Å²) in [6.45, 7) is 8.78. The fraction of sp³-hybridized carbons (Fsp3) is 1.00. The SMILES string of the molecule is CC(C)CO.CCCCCCCCC. The quantitative estimate of drug-likeness (QED) is 0.607. The van der Waals surface area contributed by atoms with Gasteiger partial charge in [-0.05, 0) is 5.92 Å². The average Bonchev–Trinajstić information content (AvgIpc) is 2.19. The van der Waals surface area contributed by atoms with Crippen molar-refractivity contribution in [2.45, 2.75) is 72.6 Å². The van der Waals surface area contributed by atoms with Gasteiger partial charge in [-0.25, -0.2) is 0 Å². The molecule has 0 aliphatic carbocycles. The molecule has 0 bridgehead atoms. The minimum absolute atomic E-state index is 0.306. The Bertz CT molecular complexity index is 73.3. The smallest absolute Gasteiger partial charge is 0.0453 e. The van der Waals surface area contributed by atoms with Crippen molar-refractivity contribution in [2.75, 3.05) is 6.61 Å². The summed E-state index contributed by atoms with van der Waals surface area (Å²) in [6, 6.07) is 0. The fourth-order valence-electron chi connectivity index (χ4n) is 1.03. The summed E-state index contributed by atoms with van der Waals surface area (Å²) in [5.74, 6) is 0.440. The lowest BCUT2D eigenvalue weighted by atomic mass is 10.1. The van der Waals surface area contributed by atoms with Crippen molar-refractivity contribution in [3.63, 3.8) is 0 Å². The highest BCUT2D eigenvalue weighted by atomic mass is 16.3. The molecule has 0 fully saturated rings. The second-order valence-electron chi connectivity index (χ2n) is 4.34. The second kappa shape index (κ2) is 15.4. The van der Waals surface area contributed by atoms with Crippen LogP contribution in [0.3, 0.4) is 0 Å². The molecule has 1 N–H and O–H groups in total. The molecule has 0 saturated heterocycles. The average molecular weight is 202 g/mol. The Kier molecular flexibility index (Phi) is 18.1. The third kappa shape index (κ3) is 22.7. The zero-order chi connectivity index (χ0) is 11.2. The van der Waals surface area contributed by atoms with Crippen LogP contribution in [0.2, 0.25) is 0 Å². The van der Waals surface area contributed by atoms with Gasteiger partial charge in [0.2, 0.25) is 0 Å². The van der Waals surface area contributed by atoms with Crippen molar-refractivity contribution in [3.8, 4) is 0 Å². The van der Waals surface area contributed by atoms with Gasteiger partial charge in [-0.2, -0.15) is 0 Å². The predicted octanol–water partition coefficient (Wildman–Crippen LogP) is 4.39. The van der Waals surface area contributed by atoms with Crippen LogP contribution in [0.5, 0.6) is 0 Å². The van der Waals surface area contributed by atoms with Gasteiger partial charge < -0.3 is 5.11 Å². The van der Waals surface area contributed by atoms with Crippen molar-refractivity contribution < 1.29 is 5.11 Å². The lowest BCUT2D eigenvalue weighted by Crippen LogP contribution is -1.90. The molecule has 1 heteroatoms. The molecule has 0 spiro atoms. The second-order valence-corrected chi connectivity index (χ2v) is 4.34. The normalized spacial score (nSPS) is 9.86. The van der Waals surface area contributed by atoms with Crippen LogP contribution in [-0.2, 0) is 0 Å². The highest BCUT2D eigenvalue weighted by Gasteiger charge is 1.85. The molecule has 0 aliphatic heterocycles. The fourth-order valence-corrected chi connectivity index (χ4v) is 1.03. The van der Waals surface area contributed by atoms with Gasteiger partial charge >= 0.3 is 0 Å². The monoisotopic (exact) mass is 202 g/mol. The van der Waals surface area contributed by atoms with Crippen LogP contribution in [0.15, 0.2) is 0 Å². The van der Waals surface area contributed by atoms with Gasteiger partial charge in [-0.3, -0.25) is 0 Å². The molecule has 0 unspecified atom stereocenters. The molecule has 0 rings (SSSR count). The molecule has 14 heavy (non-hydrogen) atoms. The highest BCUT2D eigenvalue weighted by molar-refractivity contribution is 4.41. The summed E-state index contributed by atoms with van der Waals surface area (Å²) in [6.07, 6.45) is 9.97. The first kappa shape index (κ1) is 16.4. The summed E-state index contributed by atoms with van der Waals surface area (Å²) >= 11 is 0. The van der Waals surface area contributed by atoms with Crippen LogP contribution in [0.25, 0.3) is 0 Å². The minimum atomic E-state index is 0.306. The molecular formula is C13H30O. The molecular weight excluding hydrogens is 172 g/mol. The lowest BCUT2D eigenvalue weighted by molar-refractivity contribution is 0.248. The topological polar surface area (TPSA) is 20.2 Å². The Balaban J connectivity index is 0. The summed E-state index contributed by atoms with van der Waals surface area (Å²) < 4.78 is 0. The van der Waals surface area contributed by atoms with Gasteiger partial charge in [0.15, 0.2) is 0 Å². The largest absolute Gasteiger partial charge is 0.396 e. The number of hydrogen-bond acceptors (Lipinski definition) is 1. The van der Waals surface area contributed by atoms with Crippen LogP contribution in [0, 0.1) is 5.92 Å². The summed E-state index contributed by atoms with van der Waals surface area (Å²) in [7, 11) is 0. The first-order valence-corrected chi connectivity index (χ1v) is 6.29. The Labute approximate surface area is 90.9 Å². The van der Waals surface area contributed by atoms with E-state index in [1.54, 1.807) is 0 Å². The summed E-state index contributed by atoms with van der Waals surface area (Å²) in [4.78, 5) is 0. The standard InChI is InChI=1S/C9H20.C4H10O/c1-3-5-7-9-8-6-4-2;1-4(2)3-5/h3-9H2,1-2H3;4-5H,3H2,1-2H3. The van der Waals surface area contributed by atoms with Crippen molar-refractivity contribution in [1.29, 1.82) is 0 Å². The van der Waals surface area contributed by atoms with Gasteiger partial charge in [0.05, 0.1) is 0 Å². The van der Waals surface area contributed by atoms with E-state index in [2.05, 4.69) is 13.8 Å². The van der Waals surface area contributed by atoms with E-state index in [4.69, 9.17) is 5.11 Å². The van der Waals surface area contributed by atoms with E-state index >= 15 is 0 Å². The first-order chi connectivity index (χ1) is 6.68. The van der Waals surface area contributed by atoms with Crippen LogP contribution in [-0.4, -0.2) is 11.7 Å². The molecule has 0 aromatic rings. The highest BCUT2D eigenvalue weighted by Crippen LogP contribution is 2.05. The Hall–Kier alpha value is -0.0400. The van der Waals surface area contributed by atoms with Crippen molar-refractivity contribution >= 4 is 0 Å². The van der Waals surface area contributed by atoms with E-state index in [9.17, 15) is 0 Å². The molecule has 0 heterocycles. The van der Waals surface area contributed by atoms with E-state index in [0.29, 0.717) is 12.5 Å². The number of hydrogen-bond donors (Lipinski definition) is 1. The predicted molar refractivity (Wildman–Crippen MR) is 65.6 cm³/mol. The lowest BCUT2D eigenvalue weighted by Gasteiger charge is -1.96. The number of unbranched alkanes of at least 4 members (excludes halogenated alkanes) is 6. The number of rotatable bonds is 7. The first-order valence-electron chi connectivity index (χ1n) is 6.29. The number of aliphatic hydroxyl groups excluding tert-OH is 1. The zero-order valence-electron chi connectivity index (χ0n) is 10.7. The molecule has 0 amide bonds. The van der Waals surface area contributed by atoms with E-state index in [-0.39, 0.29) is 0 Å². The number of aliphatic hydroxyl groups is 1. The zero-order valence-corrected chi connectivity index (χ0v) is 10.7. The van der Waals surface area contributed by atoms with Gasteiger partial charge in [0.1, 0.15) is 0 Å². The van der Waals surface area contributed by atoms with Crippen LogP contribution in [0.4, 0.5) is 0 Å². The van der Waals surface area contributed by atoms with E-state index < -0.39 is 0 Å². The molecule has 88 valence electrons. The maximum Gasteiger partial charge on any atom is 0.0453 e. The molecule has 1 nitrogen and oxygen atoms in total. The van der Waals surface area contributed by atoms with Crippen LogP contribution in [0.1, 0.15) is 72.6 Å². The van der Waals surface area contributed by atoms with E-state index in [0.717, 1.165) is 0 Å². The minimum Gasteiger partial charge on any atom is -0.396 e. The van der Waals surface area contributed by atoms with Crippen molar-refractivity contribution in [3.05, 3.63) is 0 Å². The summed E-state index contributed by atoms with van der Waals surface area (Å²) in [5, 5.41) is 8.14. The maximum atomic E-state index is 8.14. The third-order valence-corrected chi connectivity index (χ3v) is 2.07.